The zero-order chi connectivity index (χ0) is 19.3. The second-order valence-electron chi connectivity index (χ2n) is 6.95. The third-order valence-corrected chi connectivity index (χ3v) is 5.38. The quantitative estimate of drug-likeness (QED) is 0.792. The van der Waals surface area contributed by atoms with Crippen LogP contribution in [0, 0.1) is 0 Å². The number of cyclic esters (lactones) is 1. The Balaban J connectivity index is 1.78. The molecule has 5 heteroatoms. The van der Waals surface area contributed by atoms with E-state index in [0.29, 0.717) is 25.8 Å². The van der Waals surface area contributed by atoms with Gasteiger partial charge in [0, 0.05) is 19.6 Å². The van der Waals surface area contributed by atoms with E-state index in [1.54, 1.807) is 12.0 Å². The number of methoxy groups -OCH3 is 1. The summed E-state index contributed by atoms with van der Waals surface area (Å²) in [4.78, 5) is 14.7. The molecule has 1 saturated heterocycles. The summed E-state index contributed by atoms with van der Waals surface area (Å²) in [5.41, 5.74) is 1.36. The van der Waals surface area contributed by atoms with Gasteiger partial charge in [0.05, 0.1) is 13.2 Å². The van der Waals surface area contributed by atoms with E-state index >= 15 is 0 Å². The summed E-state index contributed by atoms with van der Waals surface area (Å²) in [6.07, 6.45) is 1.59. The van der Waals surface area contributed by atoms with Gasteiger partial charge >= 0.3 is 6.09 Å². The van der Waals surface area contributed by atoms with Crippen LogP contribution in [0.4, 0.5) is 4.79 Å². The molecule has 2 atom stereocenters. The highest BCUT2D eigenvalue weighted by Gasteiger charge is 2.43. The molecule has 1 N–H and O–H groups in total. The Kier molecular flexibility index (Phi) is 6.01. The fraction of sp³-hybridized carbons (Fsp3) is 0.409. The third-order valence-electron chi connectivity index (χ3n) is 5.38. The van der Waals surface area contributed by atoms with Gasteiger partial charge in [-0.1, -0.05) is 42.5 Å². The average Bonchev–Trinajstić information content (AvgIpc) is 2.72. The van der Waals surface area contributed by atoms with Crippen LogP contribution < -0.4 is 4.74 Å². The fourth-order valence-electron chi connectivity index (χ4n) is 3.71. The molecule has 1 amide bonds. The molecule has 27 heavy (non-hydrogen) atoms. The number of hydrogen-bond acceptors (Lipinski definition) is 4. The molecular weight excluding hydrogens is 342 g/mol. The van der Waals surface area contributed by atoms with Crippen molar-refractivity contribution in [3.8, 4) is 5.75 Å². The highest BCUT2D eigenvalue weighted by molar-refractivity contribution is 5.70. The summed E-state index contributed by atoms with van der Waals surface area (Å²) in [6, 6.07) is 17.5. The van der Waals surface area contributed by atoms with Crippen molar-refractivity contribution < 1.29 is 19.4 Å². The van der Waals surface area contributed by atoms with Gasteiger partial charge in [0.2, 0.25) is 0 Å². The Morgan fingerprint density at radius 1 is 1.19 bits per heavy atom. The minimum atomic E-state index is -0.669. The number of nitrogens with zero attached hydrogens (tertiary/aromatic N) is 1. The van der Waals surface area contributed by atoms with Crippen LogP contribution in [0.25, 0.3) is 0 Å². The largest absolute Gasteiger partial charge is 0.497 e. The number of amides is 1. The lowest BCUT2D eigenvalue weighted by atomic mass is 9.84. The van der Waals surface area contributed by atoms with Gasteiger partial charge in [-0.2, -0.15) is 0 Å². The number of benzene rings is 2. The van der Waals surface area contributed by atoms with Crippen molar-refractivity contribution in [2.24, 2.45) is 0 Å². The average molecular weight is 369 g/mol. The normalized spacial score (nSPS) is 20.9. The minimum absolute atomic E-state index is 0.0814. The number of hydrogen-bond donors (Lipinski definition) is 1. The van der Waals surface area contributed by atoms with Crippen LogP contribution in [-0.2, 0) is 10.3 Å². The Morgan fingerprint density at radius 2 is 1.89 bits per heavy atom. The first kappa shape index (κ1) is 19.2. The molecule has 1 heterocycles. The second kappa shape index (κ2) is 8.44. The second-order valence-corrected chi connectivity index (χ2v) is 6.95. The molecule has 0 spiro atoms. The molecule has 0 aliphatic carbocycles. The Bertz CT molecular complexity index is 747. The maximum Gasteiger partial charge on any atom is 0.411 e. The van der Waals surface area contributed by atoms with E-state index in [2.05, 4.69) is 0 Å². The summed E-state index contributed by atoms with van der Waals surface area (Å²) in [5.74, 6) is 0.791. The van der Waals surface area contributed by atoms with Crippen molar-refractivity contribution in [1.82, 2.24) is 4.90 Å². The van der Waals surface area contributed by atoms with Gasteiger partial charge in [-0.15, -0.1) is 0 Å². The first-order valence-electron chi connectivity index (χ1n) is 9.39. The predicted molar refractivity (Wildman–Crippen MR) is 104 cm³/mol. The molecule has 3 rings (SSSR count). The van der Waals surface area contributed by atoms with Gasteiger partial charge in [-0.3, -0.25) is 0 Å². The van der Waals surface area contributed by atoms with Gasteiger partial charge in [0.1, 0.15) is 11.4 Å². The molecule has 2 aromatic carbocycles. The summed E-state index contributed by atoms with van der Waals surface area (Å²) < 4.78 is 11.2. The zero-order valence-corrected chi connectivity index (χ0v) is 15.9. The van der Waals surface area contributed by atoms with Crippen LogP contribution in [0.5, 0.6) is 5.75 Å². The van der Waals surface area contributed by atoms with Crippen LogP contribution >= 0.6 is 0 Å². The van der Waals surface area contributed by atoms with Gasteiger partial charge in [0.25, 0.3) is 0 Å². The van der Waals surface area contributed by atoms with E-state index in [4.69, 9.17) is 9.47 Å². The van der Waals surface area contributed by atoms with Gasteiger partial charge in [-0.25, -0.2) is 4.79 Å². The monoisotopic (exact) mass is 369 g/mol. The predicted octanol–water partition coefficient (Wildman–Crippen LogP) is 4.27. The van der Waals surface area contributed by atoms with Crippen molar-refractivity contribution in [2.45, 2.75) is 37.8 Å². The van der Waals surface area contributed by atoms with Crippen molar-refractivity contribution >= 4 is 6.09 Å². The van der Waals surface area contributed by atoms with Gasteiger partial charge in [-0.05, 0) is 43.0 Å². The lowest BCUT2D eigenvalue weighted by Gasteiger charge is -2.43. The van der Waals surface area contributed by atoms with E-state index in [1.807, 2.05) is 61.5 Å². The number of ether oxygens (including phenoxy) is 2. The zero-order valence-electron chi connectivity index (χ0n) is 15.9. The van der Waals surface area contributed by atoms with E-state index in [-0.39, 0.29) is 18.7 Å². The van der Waals surface area contributed by atoms with Crippen LogP contribution in [-0.4, -0.2) is 36.4 Å². The van der Waals surface area contributed by atoms with Crippen molar-refractivity contribution in [3.63, 3.8) is 0 Å². The summed E-state index contributed by atoms with van der Waals surface area (Å²) in [6.45, 7) is 2.69. The molecule has 144 valence electrons. The molecule has 5 nitrogen and oxygen atoms in total. The lowest BCUT2D eigenvalue weighted by Crippen LogP contribution is -2.48. The Labute approximate surface area is 160 Å². The Hall–Kier alpha value is -2.53. The number of aliphatic hydroxyl groups is 1. The van der Waals surface area contributed by atoms with Crippen molar-refractivity contribution in [2.75, 3.05) is 20.3 Å². The molecular formula is C22H27NO4. The lowest BCUT2D eigenvalue weighted by molar-refractivity contribution is -0.0680. The minimum Gasteiger partial charge on any atom is -0.497 e. The summed E-state index contributed by atoms with van der Waals surface area (Å²) in [5, 5.41) is 9.29. The SMILES string of the molecule is COc1ccc([C@H](C)N2CCC(CCCO)(c3ccccc3)OC2=O)cc1. The summed E-state index contributed by atoms with van der Waals surface area (Å²) >= 11 is 0. The molecule has 1 fully saturated rings. The molecule has 1 aliphatic rings. The highest BCUT2D eigenvalue weighted by Crippen LogP contribution is 2.40. The first-order chi connectivity index (χ1) is 13.1. The first-order valence-corrected chi connectivity index (χ1v) is 9.39. The van der Waals surface area contributed by atoms with E-state index in [9.17, 15) is 9.90 Å². The molecule has 2 aromatic rings. The van der Waals surface area contributed by atoms with E-state index < -0.39 is 5.60 Å². The van der Waals surface area contributed by atoms with E-state index in [1.165, 1.54) is 0 Å². The number of rotatable bonds is 7. The molecule has 0 saturated carbocycles. The fourth-order valence-corrected chi connectivity index (χ4v) is 3.71. The molecule has 1 aliphatic heterocycles. The van der Waals surface area contributed by atoms with Crippen LogP contribution in [0.2, 0.25) is 0 Å². The molecule has 0 bridgehead atoms. The smallest absolute Gasteiger partial charge is 0.411 e. The molecule has 1 unspecified atom stereocenters. The van der Waals surface area contributed by atoms with Crippen LogP contribution in [0.15, 0.2) is 54.6 Å². The Morgan fingerprint density at radius 3 is 2.48 bits per heavy atom. The highest BCUT2D eigenvalue weighted by atomic mass is 16.6. The summed E-state index contributed by atoms with van der Waals surface area (Å²) in [7, 11) is 1.63. The third kappa shape index (κ3) is 4.08. The van der Waals surface area contributed by atoms with Crippen LogP contribution in [0.3, 0.4) is 0 Å². The number of aliphatic hydroxyl groups excluding tert-OH is 1. The van der Waals surface area contributed by atoms with Gasteiger partial charge in [0.15, 0.2) is 0 Å². The standard InChI is InChI=1S/C22H27NO4/c1-17(18-9-11-20(26-2)12-10-18)23-15-14-22(13-6-16-24,27-21(23)25)19-7-4-3-5-8-19/h3-5,7-12,17,24H,6,13-16H2,1-2H3/t17-,22?/m0/s1. The van der Waals surface area contributed by atoms with E-state index in [0.717, 1.165) is 16.9 Å². The van der Waals surface area contributed by atoms with Crippen LogP contribution in [0.1, 0.15) is 43.4 Å². The molecule has 0 aromatic heterocycles. The maximum absolute atomic E-state index is 12.9. The molecule has 0 radical (unpaired) electrons. The topological polar surface area (TPSA) is 59.0 Å². The number of carbonyl (C=O) groups is 1. The number of carbonyl (C=O) groups excluding carboxylic acids is 1. The van der Waals surface area contributed by atoms with Gasteiger partial charge < -0.3 is 19.5 Å². The van der Waals surface area contributed by atoms with Crippen molar-refractivity contribution in [3.05, 3.63) is 65.7 Å². The maximum atomic E-state index is 12.9. The van der Waals surface area contributed by atoms with Crippen molar-refractivity contribution in [1.29, 1.82) is 0 Å².